The highest BCUT2D eigenvalue weighted by atomic mass is 35.5. The van der Waals surface area contributed by atoms with Crippen LogP contribution in [0.5, 0.6) is 0 Å². The zero-order valence-corrected chi connectivity index (χ0v) is 21.0. The van der Waals surface area contributed by atoms with Crippen LogP contribution in [0.2, 0.25) is 5.02 Å². The molecule has 0 spiro atoms. The summed E-state index contributed by atoms with van der Waals surface area (Å²) in [5.41, 5.74) is 1.47. The van der Waals surface area contributed by atoms with E-state index in [-0.39, 0.29) is 23.4 Å². The maximum absolute atomic E-state index is 13.7. The van der Waals surface area contributed by atoms with E-state index in [4.69, 9.17) is 11.6 Å². The van der Waals surface area contributed by atoms with Gasteiger partial charge in [0, 0.05) is 25.0 Å². The van der Waals surface area contributed by atoms with Crippen LogP contribution in [0.15, 0.2) is 83.8 Å². The van der Waals surface area contributed by atoms with Gasteiger partial charge in [-0.2, -0.15) is 0 Å². The Morgan fingerprint density at radius 3 is 2.31 bits per heavy atom. The van der Waals surface area contributed by atoms with E-state index in [9.17, 15) is 22.8 Å². The molecule has 3 aromatic carbocycles. The number of benzene rings is 3. The van der Waals surface area contributed by atoms with Crippen molar-refractivity contribution in [3.8, 4) is 0 Å². The molecule has 0 bridgehead atoms. The Morgan fingerprint density at radius 1 is 0.972 bits per heavy atom. The van der Waals surface area contributed by atoms with Crippen molar-refractivity contribution in [3.63, 3.8) is 0 Å². The first kappa shape index (κ1) is 25.4. The molecule has 1 heterocycles. The molecule has 3 amide bonds. The van der Waals surface area contributed by atoms with E-state index in [1.807, 2.05) is 30.3 Å². The third kappa shape index (κ3) is 5.12. The largest absolute Gasteiger partial charge is 0.357 e. The van der Waals surface area contributed by atoms with Crippen LogP contribution in [0.3, 0.4) is 0 Å². The van der Waals surface area contributed by atoms with Gasteiger partial charge in [-0.25, -0.2) is 12.7 Å². The summed E-state index contributed by atoms with van der Waals surface area (Å²) in [6.45, 7) is -0.752. The second-order valence-electron chi connectivity index (χ2n) is 8.28. The van der Waals surface area contributed by atoms with Crippen molar-refractivity contribution >= 4 is 39.3 Å². The lowest BCUT2D eigenvalue weighted by atomic mass is 10.0. The summed E-state index contributed by atoms with van der Waals surface area (Å²) in [5.74, 6) is -1.89. The Morgan fingerprint density at radius 2 is 1.64 bits per heavy atom. The normalized spacial score (nSPS) is 14.7. The van der Waals surface area contributed by atoms with Crippen molar-refractivity contribution in [1.82, 2.24) is 14.5 Å². The standard InChI is InChI=1S/C26H24ClN3O5S/c1-28-25(32)22(15-18-8-3-2-4-9-18)29(16-19-10-7-11-20(27)14-19)24(31)17-30-26(33)21-12-5-6-13-23(21)36(30,34)35/h2-14,22H,15-17H2,1H3,(H,28,32)/t22-/m1/s1. The summed E-state index contributed by atoms with van der Waals surface area (Å²) in [7, 11) is -2.73. The number of sulfonamides is 1. The molecule has 1 aliphatic heterocycles. The maximum Gasteiger partial charge on any atom is 0.269 e. The third-order valence-electron chi connectivity index (χ3n) is 5.95. The van der Waals surface area contributed by atoms with Crippen LogP contribution in [0.1, 0.15) is 21.5 Å². The number of carbonyl (C=O) groups is 3. The molecule has 0 aliphatic carbocycles. The minimum absolute atomic E-state index is 0.0128. The lowest BCUT2D eigenvalue weighted by Gasteiger charge is -2.32. The number of fused-ring (bicyclic) bond motifs is 1. The Kier molecular flexibility index (Phi) is 7.42. The first-order valence-corrected chi connectivity index (χ1v) is 13.0. The first-order valence-electron chi connectivity index (χ1n) is 11.2. The van der Waals surface area contributed by atoms with Crippen molar-refractivity contribution in [3.05, 3.63) is 101 Å². The van der Waals surface area contributed by atoms with Crippen LogP contribution in [0.25, 0.3) is 0 Å². The Labute approximate surface area is 214 Å². The van der Waals surface area contributed by atoms with Gasteiger partial charge >= 0.3 is 0 Å². The Bertz CT molecular complexity index is 1410. The number of rotatable bonds is 8. The molecule has 1 N–H and O–H groups in total. The molecule has 0 fully saturated rings. The summed E-state index contributed by atoms with van der Waals surface area (Å²) in [6.07, 6.45) is 0.188. The highest BCUT2D eigenvalue weighted by Crippen LogP contribution is 2.30. The fraction of sp³-hybridized carbons (Fsp3) is 0.192. The van der Waals surface area contributed by atoms with Crippen molar-refractivity contribution < 1.29 is 22.8 Å². The molecule has 0 aromatic heterocycles. The second kappa shape index (κ2) is 10.5. The average molecular weight is 526 g/mol. The smallest absolute Gasteiger partial charge is 0.269 e. The number of nitrogens with zero attached hydrogens (tertiary/aromatic N) is 2. The molecule has 186 valence electrons. The van der Waals surface area contributed by atoms with Crippen molar-refractivity contribution in [2.24, 2.45) is 0 Å². The van der Waals surface area contributed by atoms with Gasteiger partial charge in [0.05, 0.1) is 5.56 Å². The fourth-order valence-corrected chi connectivity index (χ4v) is 5.88. The van der Waals surface area contributed by atoms with E-state index in [1.165, 1.54) is 30.1 Å². The number of amides is 3. The lowest BCUT2D eigenvalue weighted by molar-refractivity contribution is -0.140. The predicted molar refractivity (Wildman–Crippen MR) is 135 cm³/mol. The average Bonchev–Trinajstić information content (AvgIpc) is 3.07. The van der Waals surface area contributed by atoms with Gasteiger partial charge in [0.25, 0.3) is 15.9 Å². The van der Waals surface area contributed by atoms with Gasteiger partial charge in [-0.1, -0.05) is 66.2 Å². The summed E-state index contributed by atoms with van der Waals surface area (Å²) in [5, 5.41) is 3.04. The van der Waals surface area contributed by atoms with Gasteiger partial charge in [-0.15, -0.1) is 0 Å². The minimum Gasteiger partial charge on any atom is -0.357 e. The summed E-state index contributed by atoms with van der Waals surface area (Å²) in [4.78, 5) is 40.7. The molecule has 0 saturated carbocycles. The summed E-state index contributed by atoms with van der Waals surface area (Å²) in [6, 6.07) is 20.8. The van der Waals surface area contributed by atoms with Crippen LogP contribution in [0, 0.1) is 0 Å². The van der Waals surface area contributed by atoms with Crippen molar-refractivity contribution in [1.29, 1.82) is 0 Å². The zero-order valence-electron chi connectivity index (χ0n) is 19.4. The first-order chi connectivity index (χ1) is 17.2. The van der Waals surface area contributed by atoms with Crippen LogP contribution < -0.4 is 5.32 Å². The molecular weight excluding hydrogens is 502 g/mol. The number of likely N-dealkylation sites (N-methyl/N-ethyl adjacent to an activating group) is 1. The van der Waals surface area contributed by atoms with Gasteiger partial charge < -0.3 is 10.2 Å². The lowest BCUT2D eigenvalue weighted by Crippen LogP contribution is -2.52. The highest BCUT2D eigenvalue weighted by Gasteiger charge is 2.43. The van der Waals surface area contributed by atoms with E-state index < -0.39 is 40.3 Å². The fourth-order valence-electron chi connectivity index (χ4n) is 4.15. The molecule has 10 heteroatoms. The Balaban J connectivity index is 1.70. The summed E-state index contributed by atoms with van der Waals surface area (Å²) >= 11 is 6.14. The number of hydrogen-bond donors (Lipinski definition) is 1. The van der Waals surface area contributed by atoms with Gasteiger partial charge in [-0.05, 0) is 35.4 Å². The highest BCUT2D eigenvalue weighted by molar-refractivity contribution is 7.90. The van der Waals surface area contributed by atoms with Crippen LogP contribution in [-0.4, -0.2) is 55.0 Å². The topological polar surface area (TPSA) is 104 Å². The van der Waals surface area contributed by atoms with Crippen LogP contribution in [0.4, 0.5) is 0 Å². The minimum atomic E-state index is -4.20. The molecule has 3 aromatic rings. The molecule has 4 rings (SSSR count). The molecule has 1 atom stereocenters. The van der Waals surface area contributed by atoms with Gasteiger partial charge in [0.1, 0.15) is 17.5 Å². The summed E-state index contributed by atoms with van der Waals surface area (Å²) < 4.78 is 26.7. The van der Waals surface area contributed by atoms with E-state index in [2.05, 4.69) is 5.32 Å². The van der Waals surface area contributed by atoms with E-state index in [0.29, 0.717) is 14.9 Å². The molecule has 0 unspecified atom stereocenters. The van der Waals surface area contributed by atoms with Crippen molar-refractivity contribution in [2.75, 3.05) is 13.6 Å². The molecule has 36 heavy (non-hydrogen) atoms. The van der Waals surface area contributed by atoms with Gasteiger partial charge in [0.15, 0.2) is 0 Å². The van der Waals surface area contributed by atoms with Crippen molar-refractivity contribution in [2.45, 2.75) is 23.9 Å². The number of halogens is 1. The third-order valence-corrected chi connectivity index (χ3v) is 7.97. The molecule has 0 radical (unpaired) electrons. The maximum atomic E-state index is 13.7. The van der Waals surface area contributed by atoms with Crippen LogP contribution in [-0.2, 0) is 32.6 Å². The molecule has 1 aliphatic rings. The molecule has 0 saturated heterocycles. The zero-order chi connectivity index (χ0) is 25.9. The number of carbonyl (C=O) groups excluding carboxylic acids is 3. The number of hydrogen-bond acceptors (Lipinski definition) is 5. The van der Waals surface area contributed by atoms with E-state index in [1.54, 1.807) is 30.3 Å². The van der Waals surface area contributed by atoms with Gasteiger partial charge in [0.2, 0.25) is 11.8 Å². The van der Waals surface area contributed by atoms with E-state index >= 15 is 0 Å². The predicted octanol–water partition coefficient (Wildman–Crippen LogP) is 2.87. The molecule has 8 nitrogen and oxygen atoms in total. The Hall–Kier alpha value is -3.69. The van der Waals surface area contributed by atoms with Gasteiger partial charge in [-0.3, -0.25) is 14.4 Å². The SMILES string of the molecule is CNC(=O)[C@@H](Cc1ccccc1)N(Cc1cccc(Cl)c1)C(=O)CN1C(=O)c2ccccc2S1(=O)=O. The monoisotopic (exact) mass is 525 g/mol. The quantitative estimate of drug-likeness (QED) is 0.487. The van der Waals surface area contributed by atoms with E-state index in [0.717, 1.165) is 5.56 Å². The second-order valence-corrected chi connectivity index (χ2v) is 10.6. The number of nitrogens with one attached hydrogen (secondary N) is 1. The van der Waals surface area contributed by atoms with Crippen LogP contribution >= 0.6 is 11.6 Å². The molecular formula is C26H24ClN3O5S.